The SMILES string of the molecule is COc1ccc(/C=C2\CCc3c2nc(SCCC#N)c(C#N)c3-c2ccc(OC)cc2)cc1. The molecular formula is C27H23N3O2S. The fourth-order valence-electron chi connectivity index (χ4n) is 4.01. The maximum Gasteiger partial charge on any atom is 0.118 e. The molecule has 164 valence electrons. The first-order valence-corrected chi connectivity index (χ1v) is 11.6. The third-order valence-electron chi connectivity index (χ3n) is 5.61. The summed E-state index contributed by atoms with van der Waals surface area (Å²) in [6.07, 6.45) is 4.24. The van der Waals surface area contributed by atoms with E-state index in [0.717, 1.165) is 57.9 Å². The zero-order valence-corrected chi connectivity index (χ0v) is 19.4. The molecule has 4 rings (SSSR count). The monoisotopic (exact) mass is 453 g/mol. The largest absolute Gasteiger partial charge is 0.497 e. The Hall–Kier alpha value is -3.74. The van der Waals surface area contributed by atoms with E-state index in [-0.39, 0.29) is 0 Å². The van der Waals surface area contributed by atoms with E-state index in [9.17, 15) is 5.26 Å². The van der Waals surface area contributed by atoms with E-state index in [1.165, 1.54) is 11.8 Å². The maximum absolute atomic E-state index is 10.1. The number of benzene rings is 2. The maximum atomic E-state index is 10.1. The molecule has 0 N–H and O–H groups in total. The van der Waals surface area contributed by atoms with Crippen LogP contribution in [0.1, 0.15) is 35.2 Å². The van der Waals surface area contributed by atoms with E-state index >= 15 is 0 Å². The van der Waals surface area contributed by atoms with Crippen LogP contribution < -0.4 is 9.47 Å². The van der Waals surface area contributed by atoms with Crippen LogP contribution in [0, 0.1) is 22.7 Å². The molecule has 5 nitrogen and oxygen atoms in total. The van der Waals surface area contributed by atoms with Gasteiger partial charge in [0.05, 0.1) is 31.5 Å². The Balaban J connectivity index is 1.85. The molecule has 1 aliphatic carbocycles. The quantitative estimate of drug-likeness (QED) is 0.316. The number of pyridine rings is 1. The number of rotatable bonds is 7. The van der Waals surface area contributed by atoms with Gasteiger partial charge in [-0.05, 0) is 65.4 Å². The summed E-state index contributed by atoms with van der Waals surface area (Å²) < 4.78 is 10.6. The lowest BCUT2D eigenvalue weighted by molar-refractivity contribution is 0.414. The van der Waals surface area contributed by atoms with Crippen molar-refractivity contribution in [2.45, 2.75) is 24.3 Å². The summed E-state index contributed by atoms with van der Waals surface area (Å²) in [5.74, 6) is 2.18. The second kappa shape index (κ2) is 10.3. The lowest BCUT2D eigenvalue weighted by atomic mass is 9.95. The predicted octanol–water partition coefficient (Wildman–Crippen LogP) is 6.13. The van der Waals surface area contributed by atoms with Crippen molar-refractivity contribution >= 4 is 23.4 Å². The van der Waals surface area contributed by atoms with E-state index in [2.05, 4.69) is 18.2 Å². The number of methoxy groups -OCH3 is 2. The van der Waals surface area contributed by atoms with Gasteiger partial charge in [0.15, 0.2) is 0 Å². The molecule has 0 atom stereocenters. The third kappa shape index (κ3) is 4.72. The molecule has 0 bridgehead atoms. The molecule has 2 aromatic carbocycles. The Morgan fingerprint density at radius 3 is 2.24 bits per heavy atom. The summed E-state index contributed by atoms with van der Waals surface area (Å²) in [6, 6.07) is 20.3. The zero-order chi connectivity index (χ0) is 23.2. The summed E-state index contributed by atoms with van der Waals surface area (Å²) in [6.45, 7) is 0. The molecule has 1 aliphatic rings. The number of aromatic nitrogens is 1. The van der Waals surface area contributed by atoms with Crippen molar-refractivity contribution in [3.63, 3.8) is 0 Å². The van der Waals surface area contributed by atoms with Gasteiger partial charge < -0.3 is 9.47 Å². The standard InChI is InChI=1S/C27H23N3O2S/c1-31-21-9-4-18(5-10-21)16-20-8-13-23-25(19-6-11-22(32-2)12-7-19)24(17-29)27(30-26(20)23)33-15-3-14-28/h4-7,9-12,16H,3,8,13,15H2,1-2H3/b20-16+. The summed E-state index contributed by atoms with van der Waals surface area (Å²) in [5, 5.41) is 19.7. The molecule has 3 aromatic rings. The number of hydrogen-bond acceptors (Lipinski definition) is 6. The Morgan fingerprint density at radius 1 is 0.970 bits per heavy atom. The molecule has 0 unspecified atom stereocenters. The summed E-state index contributed by atoms with van der Waals surface area (Å²) in [4.78, 5) is 4.94. The van der Waals surface area contributed by atoms with Crippen molar-refractivity contribution in [1.29, 1.82) is 10.5 Å². The molecule has 0 radical (unpaired) electrons. The number of thioether (sulfide) groups is 1. The Morgan fingerprint density at radius 2 is 1.64 bits per heavy atom. The van der Waals surface area contributed by atoms with Crippen LogP contribution in [0.5, 0.6) is 11.5 Å². The third-order valence-corrected chi connectivity index (χ3v) is 6.59. The average Bonchev–Trinajstić information content (AvgIpc) is 3.25. The van der Waals surface area contributed by atoms with Gasteiger partial charge in [0, 0.05) is 17.7 Å². The molecule has 0 amide bonds. The zero-order valence-electron chi connectivity index (χ0n) is 18.6. The molecule has 1 aromatic heterocycles. The molecule has 6 heteroatoms. The minimum Gasteiger partial charge on any atom is -0.497 e. The average molecular weight is 454 g/mol. The van der Waals surface area contributed by atoms with Crippen LogP contribution >= 0.6 is 11.8 Å². The molecule has 0 saturated heterocycles. The first kappa shape index (κ1) is 22.5. The number of nitriles is 2. The highest BCUT2D eigenvalue weighted by Gasteiger charge is 2.27. The summed E-state index contributed by atoms with van der Waals surface area (Å²) in [5.41, 5.74) is 6.75. The van der Waals surface area contributed by atoms with Crippen LogP contribution in [0.4, 0.5) is 0 Å². The number of ether oxygens (including phenoxy) is 2. The lowest BCUT2D eigenvalue weighted by Gasteiger charge is -2.15. The van der Waals surface area contributed by atoms with Crippen molar-refractivity contribution < 1.29 is 9.47 Å². The Bertz CT molecular complexity index is 1270. The summed E-state index contributed by atoms with van der Waals surface area (Å²) in [7, 11) is 3.30. The molecule has 0 aliphatic heterocycles. The van der Waals surface area contributed by atoms with Crippen LogP contribution in [-0.4, -0.2) is 25.0 Å². The first-order valence-electron chi connectivity index (χ1n) is 10.6. The van der Waals surface area contributed by atoms with Crippen molar-refractivity contribution in [3.05, 3.63) is 70.9 Å². The van der Waals surface area contributed by atoms with Crippen molar-refractivity contribution in [2.75, 3.05) is 20.0 Å². The van der Waals surface area contributed by atoms with Gasteiger partial charge in [-0.15, -0.1) is 11.8 Å². The van der Waals surface area contributed by atoms with Crippen molar-refractivity contribution in [3.8, 4) is 34.8 Å². The number of fused-ring (bicyclic) bond motifs is 1. The minimum absolute atomic E-state index is 0.403. The smallest absolute Gasteiger partial charge is 0.118 e. The highest BCUT2D eigenvalue weighted by Crippen LogP contribution is 2.43. The van der Waals surface area contributed by atoms with E-state index in [1.807, 2.05) is 48.5 Å². The topological polar surface area (TPSA) is 78.9 Å². The van der Waals surface area contributed by atoms with Gasteiger partial charge in [0.2, 0.25) is 0 Å². The number of nitrogens with zero attached hydrogens (tertiary/aromatic N) is 3. The van der Waals surface area contributed by atoms with Crippen LogP contribution in [0.3, 0.4) is 0 Å². The number of allylic oxidation sites excluding steroid dienone is 1. The van der Waals surface area contributed by atoms with Crippen molar-refractivity contribution in [2.24, 2.45) is 0 Å². The van der Waals surface area contributed by atoms with Crippen LogP contribution in [0.15, 0.2) is 53.6 Å². The second-order valence-electron chi connectivity index (χ2n) is 7.53. The van der Waals surface area contributed by atoms with Gasteiger partial charge in [-0.25, -0.2) is 4.98 Å². The number of hydrogen-bond donors (Lipinski definition) is 0. The minimum atomic E-state index is 0.403. The highest BCUT2D eigenvalue weighted by molar-refractivity contribution is 7.99. The van der Waals surface area contributed by atoms with Crippen LogP contribution in [0.25, 0.3) is 22.8 Å². The van der Waals surface area contributed by atoms with Gasteiger partial charge in [-0.3, -0.25) is 0 Å². The molecule has 0 fully saturated rings. The van der Waals surface area contributed by atoms with Gasteiger partial charge in [0.1, 0.15) is 22.6 Å². The van der Waals surface area contributed by atoms with Gasteiger partial charge in [0.25, 0.3) is 0 Å². The van der Waals surface area contributed by atoms with Crippen LogP contribution in [-0.2, 0) is 6.42 Å². The van der Waals surface area contributed by atoms with Crippen LogP contribution in [0.2, 0.25) is 0 Å². The summed E-state index contributed by atoms with van der Waals surface area (Å²) >= 11 is 1.47. The predicted molar refractivity (Wildman–Crippen MR) is 131 cm³/mol. The molecule has 1 heterocycles. The molecule has 33 heavy (non-hydrogen) atoms. The van der Waals surface area contributed by atoms with E-state index in [0.29, 0.717) is 22.8 Å². The molecule has 0 saturated carbocycles. The fourth-order valence-corrected chi connectivity index (χ4v) is 4.84. The van der Waals surface area contributed by atoms with Gasteiger partial charge in [-0.1, -0.05) is 24.3 Å². The normalized spacial score (nSPS) is 13.3. The van der Waals surface area contributed by atoms with Gasteiger partial charge >= 0.3 is 0 Å². The fraction of sp³-hybridized carbons (Fsp3) is 0.222. The van der Waals surface area contributed by atoms with Gasteiger partial charge in [-0.2, -0.15) is 10.5 Å². The van der Waals surface area contributed by atoms with E-state index < -0.39 is 0 Å². The highest BCUT2D eigenvalue weighted by atomic mass is 32.2. The first-order chi connectivity index (χ1) is 16.2. The Kier molecular flexibility index (Phi) is 6.98. The van der Waals surface area contributed by atoms with Crippen molar-refractivity contribution in [1.82, 2.24) is 4.98 Å². The van der Waals surface area contributed by atoms with E-state index in [4.69, 9.17) is 19.7 Å². The second-order valence-corrected chi connectivity index (χ2v) is 8.62. The Labute approximate surface area is 198 Å². The molecular weight excluding hydrogens is 430 g/mol. The lowest BCUT2D eigenvalue weighted by Crippen LogP contribution is -2.01. The van der Waals surface area contributed by atoms with E-state index in [1.54, 1.807) is 14.2 Å². The molecule has 0 spiro atoms.